The third-order valence-corrected chi connectivity index (χ3v) is 24.7. The van der Waals surface area contributed by atoms with Gasteiger partial charge in [-0.1, -0.05) is 18.2 Å². The van der Waals surface area contributed by atoms with Gasteiger partial charge in [-0.15, -0.1) is 0 Å². The summed E-state index contributed by atoms with van der Waals surface area (Å²) in [6.45, 7) is 1.95. The van der Waals surface area contributed by atoms with Crippen LogP contribution in [0.5, 0.6) is 0 Å². The van der Waals surface area contributed by atoms with E-state index in [-0.39, 0.29) is 126 Å². The lowest BCUT2D eigenvalue weighted by Crippen LogP contribution is -2.26. The van der Waals surface area contributed by atoms with Gasteiger partial charge >= 0.3 is 0 Å². The summed E-state index contributed by atoms with van der Waals surface area (Å²) in [5, 5.41) is 9.67. The Morgan fingerprint density at radius 3 is 0.874 bits per heavy atom. The fraction of sp³-hybridized carbons (Fsp3) is 0.500. The van der Waals surface area contributed by atoms with Gasteiger partial charge < -0.3 is 30.2 Å². The second-order valence-corrected chi connectivity index (χ2v) is 35.9. The van der Waals surface area contributed by atoms with Gasteiger partial charge in [0.25, 0.3) is 19.3 Å². The van der Waals surface area contributed by atoms with Crippen molar-refractivity contribution in [1.29, 1.82) is 0 Å². The van der Waals surface area contributed by atoms with Crippen molar-refractivity contribution < 1.29 is 80.2 Å². The summed E-state index contributed by atoms with van der Waals surface area (Å²) in [4.78, 5) is 63.2. The number of benzene rings is 3. The SMILES string of the molecule is CN(c1cc(C2CCCCO2)ccc1Nc1cc(CC(=O)C2CC2)nc2c1N=C(C(F)F)C2)S(C)(=O)=O.CN(c1cc([C@@H]2CCCCO2)ccc1Nc1cc(CC(=O)C2CC2)nc2c1N=C(C(F)F)C2)S(C)(=O)=O.CN(c1cc([C@H]2CCCCO2)ccc1Nc1cc(CC(=O)C2CC2)nc2c1N=C(C(F)F)C2)S(C)(=O)=O. The van der Waals surface area contributed by atoms with Crippen LogP contribution in [0.2, 0.25) is 0 Å². The molecule has 6 aromatic rings. The maximum Gasteiger partial charge on any atom is 0.277 e. The zero-order valence-electron chi connectivity index (χ0n) is 62.5. The van der Waals surface area contributed by atoms with E-state index >= 15 is 0 Å². The number of nitrogens with one attached hydrogen (secondary N) is 3. The van der Waals surface area contributed by atoms with Gasteiger partial charge in [-0.25, -0.2) is 66.6 Å². The third-order valence-electron chi connectivity index (χ3n) is 21.1. The van der Waals surface area contributed by atoms with E-state index in [0.717, 1.165) is 132 Å². The molecule has 15 rings (SSSR count). The smallest absolute Gasteiger partial charge is 0.277 e. The topological polar surface area (TPSA) is 303 Å². The van der Waals surface area contributed by atoms with Crippen molar-refractivity contribution in [3.8, 4) is 0 Å². The molecule has 3 N–H and O–H groups in total. The lowest BCUT2D eigenvalue weighted by Gasteiger charge is -2.26. The Bertz CT molecular complexity index is 4550. The van der Waals surface area contributed by atoms with Gasteiger partial charge in [-0.05, 0) is 168 Å². The molecule has 3 atom stereocenters. The molecule has 594 valence electrons. The maximum absolute atomic E-state index is 13.5. The summed E-state index contributed by atoms with van der Waals surface area (Å²) in [6, 6.07) is 21.2. The lowest BCUT2D eigenvalue weighted by atomic mass is 10.00. The number of anilines is 9. The minimum absolute atomic E-state index is 0.0453. The molecule has 3 aromatic carbocycles. The first-order valence-corrected chi connectivity index (χ1v) is 43.0. The second-order valence-electron chi connectivity index (χ2n) is 29.8. The fourth-order valence-corrected chi connectivity index (χ4v) is 15.7. The van der Waals surface area contributed by atoms with Crippen LogP contribution < -0.4 is 28.9 Å². The Balaban J connectivity index is 0.000000146. The van der Waals surface area contributed by atoms with Crippen LogP contribution >= 0.6 is 0 Å². The predicted molar refractivity (Wildman–Crippen MR) is 414 cm³/mol. The number of Topliss-reactive ketones (excluding diaryl/α,β-unsaturated/α-hetero) is 3. The number of sulfonamides is 3. The third kappa shape index (κ3) is 19.7. The van der Waals surface area contributed by atoms with Crippen LogP contribution in [-0.4, -0.2) is 154 Å². The molecule has 24 nitrogen and oxygen atoms in total. The van der Waals surface area contributed by atoms with E-state index in [4.69, 9.17) is 14.2 Å². The van der Waals surface area contributed by atoms with E-state index in [1.807, 2.05) is 18.2 Å². The van der Waals surface area contributed by atoms with Crippen LogP contribution in [0, 0.1) is 17.8 Å². The number of nitrogens with zero attached hydrogens (tertiary/aromatic N) is 9. The molecule has 111 heavy (non-hydrogen) atoms. The van der Waals surface area contributed by atoms with Crippen molar-refractivity contribution in [3.63, 3.8) is 0 Å². The van der Waals surface area contributed by atoms with Crippen molar-refractivity contribution in [2.75, 3.05) is 88.6 Å². The van der Waals surface area contributed by atoms with Gasteiger partial charge in [0.15, 0.2) is 0 Å². The van der Waals surface area contributed by atoms with Crippen molar-refractivity contribution >= 4 is 133 Å². The average Bonchev–Trinajstić information content (AvgIpc) is 1.76. The molecule has 0 bridgehead atoms. The molecule has 0 radical (unpaired) electrons. The maximum atomic E-state index is 13.5. The van der Waals surface area contributed by atoms with Gasteiger partial charge in [-0.2, -0.15) is 0 Å². The standard InChI is InChI=1S/3C26H30F2N4O4S/c3*1-32(37(2,34)35)22-11-16(24-5-3-4-10-36-24)8-9-18(22)30-19-12-17(13-23(33)15-6-7-15)29-20-14-21(26(27)28)31-25(19)20/h3*8-9,11-12,15,24,26H,3-7,10,13-14H2,1-2H3,(H,29,30)/t2*24-;/m10./s1. The van der Waals surface area contributed by atoms with E-state index in [2.05, 4.69) is 45.9 Å². The highest BCUT2D eigenvalue weighted by atomic mass is 32.2. The van der Waals surface area contributed by atoms with E-state index < -0.39 is 49.3 Å². The Morgan fingerprint density at radius 1 is 0.396 bits per heavy atom. The normalized spacial score (nSPS) is 19.5. The van der Waals surface area contributed by atoms with E-state index in [1.54, 1.807) is 54.6 Å². The molecule has 3 saturated carbocycles. The number of halogens is 6. The van der Waals surface area contributed by atoms with Gasteiger partial charge in [0.2, 0.25) is 30.1 Å². The summed E-state index contributed by atoms with van der Waals surface area (Å²) < 4.78 is 177. The highest BCUT2D eigenvalue weighted by molar-refractivity contribution is 7.92. The molecule has 33 heteroatoms. The first-order valence-electron chi connectivity index (χ1n) is 37.4. The molecule has 0 spiro atoms. The molecule has 6 fully saturated rings. The number of ether oxygens (including phenoxy) is 3. The van der Waals surface area contributed by atoms with Crippen molar-refractivity contribution in [2.24, 2.45) is 32.7 Å². The minimum Gasteiger partial charge on any atom is -0.374 e. The predicted octanol–water partition coefficient (Wildman–Crippen LogP) is 14.6. The number of pyridine rings is 3. The zero-order valence-corrected chi connectivity index (χ0v) is 65.0. The zero-order chi connectivity index (χ0) is 79.0. The number of aromatic nitrogens is 3. The first kappa shape index (κ1) is 80.3. The number of rotatable bonds is 27. The molecule has 9 aliphatic rings. The largest absolute Gasteiger partial charge is 0.374 e. The van der Waals surface area contributed by atoms with Gasteiger partial charge in [-0.3, -0.25) is 42.3 Å². The van der Waals surface area contributed by atoms with Crippen LogP contribution in [-0.2, 0) is 97.2 Å². The van der Waals surface area contributed by atoms with Crippen LogP contribution in [0.25, 0.3) is 0 Å². The van der Waals surface area contributed by atoms with Gasteiger partial charge in [0, 0.05) is 97.2 Å². The average molecular weight is 1600 g/mol. The first-order chi connectivity index (χ1) is 52.8. The Hall–Kier alpha value is -8.76. The number of alkyl halides is 6. The molecule has 3 aromatic heterocycles. The van der Waals surface area contributed by atoms with Crippen molar-refractivity contribution in [3.05, 3.63) is 124 Å². The summed E-state index contributed by atoms with van der Waals surface area (Å²) in [5.74, 6) is 0.388. The number of fused-ring (bicyclic) bond motifs is 3. The molecular weight excluding hydrogens is 1510 g/mol. The molecule has 3 saturated heterocycles. The summed E-state index contributed by atoms with van der Waals surface area (Å²) in [7, 11) is -6.43. The van der Waals surface area contributed by atoms with Gasteiger partial charge in [0.05, 0.1) is 140 Å². The highest BCUT2D eigenvalue weighted by Gasteiger charge is 2.37. The molecule has 1 unspecified atom stereocenters. The van der Waals surface area contributed by atoms with Crippen molar-refractivity contribution in [1.82, 2.24) is 15.0 Å². The van der Waals surface area contributed by atoms with E-state index in [1.165, 1.54) is 34.1 Å². The number of hydrogen-bond acceptors (Lipinski definition) is 21. The summed E-state index contributed by atoms with van der Waals surface area (Å²) in [6.07, 6.45) is 8.65. The minimum atomic E-state index is -3.61. The lowest BCUT2D eigenvalue weighted by molar-refractivity contribution is -0.120. The van der Waals surface area contributed by atoms with Crippen molar-refractivity contribution in [2.45, 2.75) is 172 Å². The number of hydrogen-bond donors (Lipinski definition) is 3. The van der Waals surface area contributed by atoms with Crippen LogP contribution in [0.3, 0.4) is 0 Å². The Morgan fingerprint density at radius 2 is 0.658 bits per heavy atom. The number of ketones is 3. The molecule has 3 aliphatic carbocycles. The van der Waals surface area contributed by atoms with E-state index in [9.17, 15) is 66.0 Å². The number of carbonyl (C=O) groups is 3. The van der Waals surface area contributed by atoms with E-state index in [0.29, 0.717) is 105 Å². The monoisotopic (exact) mass is 1600 g/mol. The quantitative estimate of drug-likeness (QED) is 0.0404. The number of carbonyl (C=O) groups excluding carboxylic acids is 3. The van der Waals surface area contributed by atoms with Crippen LogP contribution in [0.1, 0.15) is 165 Å². The van der Waals surface area contributed by atoms with Gasteiger partial charge in [0.1, 0.15) is 34.4 Å². The molecular formula is C78H90F6N12O12S3. The number of aliphatic imine (C=N–C) groups is 3. The highest BCUT2D eigenvalue weighted by Crippen LogP contribution is 2.47. The fourth-order valence-electron chi connectivity index (χ4n) is 14.2. The Kier molecular flexibility index (Phi) is 24.2. The summed E-state index contributed by atoms with van der Waals surface area (Å²) in [5.41, 5.74) is 8.96. The second kappa shape index (κ2) is 33.5. The molecule has 0 amide bonds. The Labute approximate surface area is 641 Å². The van der Waals surface area contributed by atoms with Crippen LogP contribution in [0.4, 0.5) is 94.6 Å². The van der Waals surface area contributed by atoms with Crippen LogP contribution in [0.15, 0.2) is 87.8 Å². The molecule has 6 aliphatic heterocycles. The molecule has 9 heterocycles. The summed E-state index contributed by atoms with van der Waals surface area (Å²) >= 11 is 0.